The Hall–Kier alpha value is -1.79. The third-order valence-electron chi connectivity index (χ3n) is 3.06. The molecule has 0 fully saturated rings. The Kier molecular flexibility index (Phi) is 5.04. The van der Waals surface area contributed by atoms with E-state index in [9.17, 15) is 8.42 Å². The molecule has 0 atom stereocenters. The van der Waals surface area contributed by atoms with Crippen LogP contribution in [0.5, 0.6) is 5.75 Å². The van der Waals surface area contributed by atoms with Crippen LogP contribution in [0.4, 0.5) is 0 Å². The van der Waals surface area contributed by atoms with E-state index in [4.69, 9.17) is 4.65 Å². The first-order chi connectivity index (χ1) is 10.1. The summed E-state index contributed by atoms with van der Waals surface area (Å²) in [4.78, 5) is 0.522. The first-order valence-corrected chi connectivity index (χ1v) is 8.01. The highest BCUT2D eigenvalue weighted by atomic mass is 32.2. The molecule has 2 aromatic rings. The van der Waals surface area contributed by atoms with Crippen LogP contribution in [0.25, 0.3) is 0 Å². The van der Waals surface area contributed by atoms with E-state index in [1.54, 1.807) is 24.3 Å². The monoisotopic (exact) mass is 303 g/mol. The molecule has 0 unspecified atom stereocenters. The molecule has 0 aliphatic carbocycles. The molecular formula is C15H16BO4S. The Bertz CT molecular complexity index is 679. The summed E-state index contributed by atoms with van der Waals surface area (Å²) >= 11 is 0. The second-order valence-electron chi connectivity index (χ2n) is 4.42. The van der Waals surface area contributed by atoms with Crippen molar-refractivity contribution in [1.82, 2.24) is 0 Å². The molecule has 0 aliphatic heterocycles. The minimum atomic E-state index is -3.50. The minimum absolute atomic E-state index is 0.233. The van der Waals surface area contributed by atoms with Crippen LogP contribution in [0, 0.1) is 0 Å². The first kappa shape index (κ1) is 15.6. The van der Waals surface area contributed by atoms with Crippen LogP contribution in [0.3, 0.4) is 0 Å². The molecule has 6 heteroatoms. The molecule has 2 aromatic carbocycles. The number of hydrogen-bond donors (Lipinski definition) is 0. The average molecular weight is 303 g/mol. The van der Waals surface area contributed by atoms with Gasteiger partial charge in [-0.3, -0.25) is 0 Å². The third kappa shape index (κ3) is 3.65. The smallest absolute Gasteiger partial charge is 0.537 e. The van der Waals surface area contributed by atoms with E-state index in [-0.39, 0.29) is 9.79 Å². The fourth-order valence-corrected chi connectivity index (χ4v) is 3.10. The van der Waals surface area contributed by atoms with Gasteiger partial charge < -0.3 is 9.31 Å². The molecule has 0 N–H and O–H groups in total. The lowest BCUT2D eigenvalue weighted by molar-refractivity contribution is 0.366. The van der Waals surface area contributed by atoms with Crippen molar-refractivity contribution >= 4 is 17.5 Å². The predicted octanol–water partition coefficient (Wildman–Crippen LogP) is 2.64. The van der Waals surface area contributed by atoms with Crippen molar-refractivity contribution < 1.29 is 17.7 Å². The highest BCUT2D eigenvalue weighted by Gasteiger charge is 2.17. The van der Waals surface area contributed by atoms with Gasteiger partial charge in [-0.15, -0.1) is 0 Å². The highest BCUT2D eigenvalue weighted by Crippen LogP contribution is 2.23. The van der Waals surface area contributed by atoms with E-state index < -0.39 is 9.84 Å². The normalized spacial score (nSPS) is 11.1. The van der Waals surface area contributed by atoms with Gasteiger partial charge in [-0.1, -0.05) is 19.1 Å². The third-order valence-corrected chi connectivity index (χ3v) is 4.84. The number of hydrogen-bond acceptors (Lipinski definition) is 4. The summed E-state index contributed by atoms with van der Waals surface area (Å²) in [5.74, 6) is 0.511. The molecule has 0 saturated heterocycles. The van der Waals surface area contributed by atoms with Crippen molar-refractivity contribution in [3.63, 3.8) is 0 Å². The number of rotatable bonds is 6. The summed E-state index contributed by atoms with van der Waals surface area (Å²) < 4.78 is 34.8. The average Bonchev–Trinajstić information content (AvgIpc) is 2.53. The van der Waals surface area contributed by atoms with Crippen molar-refractivity contribution in [1.29, 1.82) is 0 Å². The van der Waals surface area contributed by atoms with E-state index in [1.807, 2.05) is 19.1 Å². The van der Waals surface area contributed by atoms with Crippen molar-refractivity contribution in [2.75, 3.05) is 7.11 Å². The molecule has 109 valence electrons. The summed E-state index contributed by atoms with van der Waals surface area (Å²) in [5.41, 5.74) is 1.10. The second-order valence-corrected chi connectivity index (χ2v) is 6.37. The van der Waals surface area contributed by atoms with E-state index in [0.29, 0.717) is 5.75 Å². The molecule has 0 heterocycles. The first-order valence-electron chi connectivity index (χ1n) is 6.53. The standard InChI is InChI=1S/C15H16BO4S/c1-3-12-4-8-14(9-5-12)21(17,18)15-10-6-13(7-11-15)20-16-19-2/h4-11H,3H2,1-2H3. The van der Waals surface area contributed by atoms with Crippen molar-refractivity contribution in [2.45, 2.75) is 23.1 Å². The number of benzene rings is 2. The molecule has 0 spiro atoms. The Balaban J connectivity index is 2.25. The second kappa shape index (κ2) is 6.78. The van der Waals surface area contributed by atoms with Gasteiger partial charge in [-0.2, -0.15) is 0 Å². The van der Waals surface area contributed by atoms with Crippen molar-refractivity contribution in [3.8, 4) is 5.75 Å². The van der Waals surface area contributed by atoms with Crippen molar-refractivity contribution in [2.24, 2.45) is 0 Å². The SMILES string of the molecule is CCc1ccc(S(=O)(=O)c2ccc(O[B]OC)cc2)cc1. The maximum Gasteiger partial charge on any atom is 0.572 e. The summed E-state index contributed by atoms with van der Waals surface area (Å²) in [6.07, 6.45) is 0.877. The van der Waals surface area contributed by atoms with Gasteiger partial charge in [-0.25, -0.2) is 8.42 Å². The van der Waals surface area contributed by atoms with Gasteiger partial charge >= 0.3 is 7.69 Å². The van der Waals surface area contributed by atoms with Crippen LogP contribution >= 0.6 is 0 Å². The lowest BCUT2D eigenvalue weighted by Gasteiger charge is -2.07. The lowest BCUT2D eigenvalue weighted by Crippen LogP contribution is -2.05. The van der Waals surface area contributed by atoms with Gasteiger partial charge in [0.2, 0.25) is 9.84 Å². The zero-order chi connectivity index (χ0) is 15.3. The Morgan fingerprint density at radius 3 is 1.95 bits per heavy atom. The fourth-order valence-electron chi connectivity index (χ4n) is 1.84. The fraction of sp³-hybridized carbons (Fsp3) is 0.200. The van der Waals surface area contributed by atoms with Gasteiger partial charge in [0.05, 0.1) is 9.79 Å². The van der Waals surface area contributed by atoms with Gasteiger partial charge in [0.15, 0.2) is 0 Å². The maximum absolute atomic E-state index is 12.5. The van der Waals surface area contributed by atoms with E-state index in [1.165, 1.54) is 26.9 Å². The topological polar surface area (TPSA) is 52.6 Å². The van der Waals surface area contributed by atoms with Gasteiger partial charge in [0, 0.05) is 7.11 Å². The van der Waals surface area contributed by atoms with Crippen LogP contribution < -0.4 is 4.65 Å². The highest BCUT2D eigenvalue weighted by molar-refractivity contribution is 7.91. The molecule has 0 aromatic heterocycles. The van der Waals surface area contributed by atoms with Gasteiger partial charge in [-0.05, 0) is 48.4 Å². The largest absolute Gasteiger partial charge is 0.572 e. The molecule has 2 rings (SSSR count). The summed E-state index contributed by atoms with van der Waals surface area (Å²) in [7, 11) is -0.854. The Morgan fingerprint density at radius 1 is 0.952 bits per heavy atom. The molecular weight excluding hydrogens is 287 g/mol. The van der Waals surface area contributed by atoms with Crippen molar-refractivity contribution in [3.05, 3.63) is 54.1 Å². The van der Waals surface area contributed by atoms with Gasteiger partial charge in [0.25, 0.3) is 0 Å². The van der Waals surface area contributed by atoms with E-state index >= 15 is 0 Å². The van der Waals surface area contributed by atoms with Crippen LogP contribution in [0.2, 0.25) is 0 Å². The molecule has 0 aliphatic rings. The maximum atomic E-state index is 12.5. The number of aryl methyl sites for hydroxylation is 1. The summed E-state index contributed by atoms with van der Waals surface area (Å²) in [6.45, 7) is 2.03. The summed E-state index contributed by atoms with van der Waals surface area (Å²) in [6, 6.07) is 13.1. The Morgan fingerprint density at radius 2 is 1.48 bits per heavy atom. The Labute approximate surface area is 125 Å². The molecule has 0 bridgehead atoms. The van der Waals surface area contributed by atoms with Gasteiger partial charge in [0.1, 0.15) is 5.75 Å². The lowest BCUT2D eigenvalue weighted by atomic mass is 10.2. The predicted molar refractivity (Wildman–Crippen MR) is 81.1 cm³/mol. The molecule has 21 heavy (non-hydrogen) atoms. The van der Waals surface area contributed by atoms with Crippen LogP contribution in [0.1, 0.15) is 12.5 Å². The zero-order valence-electron chi connectivity index (χ0n) is 11.9. The van der Waals surface area contributed by atoms with E-state index in [2.05, 4.69) is 4.65 Å². The minimum Gasteiger partial charge on any atom is -0.537 e. The summed E-state index contributed by atoms with van der Waals surface area (Å²) in [5, 5.41) is 0. The van der Waals surface area contributed by atoms with Crippen LogP contribution in [-0.4, -0.2) is 23.2 Å². The molecule has 0 saturated carbocycles. The van der Waals surface area contributed by atoms with Crippen LogP contribution in [0.15, 0.2) is 58.3 Å². The number of sulfone groups is 1. The molecule has 0 amide bonds. The quantitative estimate of drug-likeness (QED) is 0.770. The molecule has 1 radical (unpaired) electrons. The van der Waals surface area contributed by atoms with E-state index in [0.717, 1.165) is 12.0 Å². The molecule has 4 nitrogen and oxygen atoms in total. The zero-order valence-corrected chi connectivity index (χ0v) is 12.8. The van der Waals surface area contributed by atoms with Crippen LogP contribution in [-0.2, 0) is 20.9 Å².